The summed E-state index contributed by atoms with van der Waals surface area (Å²) in [6, 6.07) is 7.62. The van der Waals surface area contributed by atoms with Crippen molar-refractivity contribution in [3.63, 3.8) is 0 Å². The molecule has 0 spiro atoms. The number of likely N-dealkylation sites (tertiary alicyclic amines) is 1. The van der Waals surface area contributed by atoms with Gasteiger partial charge in [0, 0.05) is 25.6 Å². The van der Waals surface area contributed by atoms with Crippen molar-refractivity contribution >= 4 is 16.9 Å². The van der Waals surface area contributed by atoms with E-state index in [1.807, 2.05) is 29.2 Å². The summed E-state index contributed by atoms with van der Waals surface area (Å²) in [4.78, 5) is 14.2. The van der Waals surface area contributed by atoms with Gasteiger partial charge in [-0.25, -0.2) is 0 Å². The SMILES string of the molecule is COC1CCN(C(=O)Cc2noc3ccccc23)CC1. The third kappa shape index (κ3) is 2.54. The molecule has 1 saturated heterocycles. The molecule has 0 aliphatic carbocycles. The van der Waals surface area contributed by atoms with Gasteiger partial charge in [0.2, 0.25) is 5.91 Å². The van der Waals surface area contributed by atoms with Gasteiger partial charge in [-0.15, -0.1) is 0 Å². The first-order valence-electron chi connectivity index (χ1n) is 6.92. The van der Waals surface area contributed by atoms with Crippen molar-refractivity contribution in [2.75, 3.05) is 20.2 Å². The molecule has 3 rings (SSSR count). The second-order valence-corrected chi connectivity index (χ2v) is 5.12. The number of methoxy groups -OCH3 is 1. The number of hydrogen-bond donors (Lipinski definition) is 0. The monoisotopic (exact) mass is 274 g/mol. The Labute approximate surface area is 117 Å². The number of para-hydroxylation sites is 1. The Balaban J connectivity index is 1.67. The molecule has 1 aliphatic heterocycles. The number of benzene rings is 1. The molecular weight excluding hydrogens is 256 g/mol. The summed E-state index contributed by atoms with van der Waals surface area (Å²) in [5, 5.41) is 4.94. The maximum atomic E-state index is 12.3. The fourth-order valence-corrected chi connectivity index (χ4v) is 2.66. The number of piperidine rings is 1. The van der Waals surface area contributed by atoms with E-state index in [9.17, 15) is 4.79 Å². The van der Waals surface area contributed by atoms with Crippen LogP contribution in [0.3, 0.4) is 0 Å². The Morgan fingerprint density at radius 2 is 2.15 bits per heavy atom. The predicted octanol–water partition coefficient (Wildman–Crippen LogP) is 2.01. The van der Waals surface area contributed by atoms with Gasteiger partial charge in [-0.1, -0.05) is 17.3 Å². The van der Waals surface area contributed by atoms with Gasteiger partial charge >= 0.3 is 0 Å². The van der Waals surface area contributed by atoms with E-state index in [0.29, 0.717) is 6.42 Å². The molecule has 0 bridgehead atoms. The highest BCUT2D eigenvalue weighted by Crippen LogP contribution is 2.20. The quantitative estimate of drug-likeness (QED) is 0.859. The van der Waals surface area contributed by atoms with E-state index in [4.69, 9.17) is 9.26 Å². The largest absolute Gasteiger partial charge is 0.381 e. The third-order valence-corrected chi connectivity index (χ3v) is 3.90. The zero-order valence-electron chi connectivity index (χ0n) is 11.5. The maximum absolute atomic E-state index is 12.3. The van der Waals surface area contributed by atoms with Crippen molar-refractivity contribution in [2.45, 2.75) is 25.4 Å². The molecule has 0 atom stereocenters. The molecule has 1 aromatic carbocycles. The van der Waals surface area contributed by atoms with E-state index in [2.05, 4.69) is 5.16 Å². The summed E-state index contributed by atoms with van der Waals surface area (Å²) in [7, 11) is 1.73. The normalized spacial score (nSPS) is 16.8. The van der Waals surface area contributed by atoms with Crippen LogP contribution in [0.15, 0.2) is 28.8 Å². The number of hydrogen-bond acceptors (Lipinski definition) is 4. The molecule has 0 N–H and O–H groups in total. The molecular formula is C15H18N2O3. The van der Waals surface area contributed by atoms with Crippen LogP contribution < -0.4 is 0 Å². The number of rotatable bonds is 3. The molecule has 106 valence electrons. The summed E-state index contributed by atoms with van der Waals surface area (Å²) in [6.45, 7) is 1.51. The Morgan fingerprint density at radius 1 is 1.40 bits per heavy atom. The van der Waals surface area contributed by atoms with Crippen molar-refractivity contribution in [3.8, 4) is 0 Å². The average Bonchev–Trinajstić information content (AvgIpc) is 2.91. The highest BCUT2D eigenvalue weighted by atomic mass is 16.5. The van der Waals surface area contributed by atoms with E-state index in [1.54, 1.807) is 7.11 Å². The lowest BCUT2D eigenvalue weighted by molar-refractivity contribution is -0.132. The Kier molecular flexibility index (Phi) is 3.69. The number of nitrogens with zero attached hydrogens (tertiary/aromatic N) is 2. The van der Waals surface area contributed by atoms with E-state index in [1.165, 1.54) is 0 Å². The molecule has 0 unspecified atom stereocenters. The topological polar surface area (TPSA) is 55.6 Å². The summed E-state index contributed by atoms with van der Waals surface area (Å²) >= 11 is 0. The number of carbonyl (C=O) groups is 1. The number of carbonyl (C=O) groups excluding carboxylic acids is 1. The van der Waals surface area contributed by atoms with Crippen molar-refractivity contribution in [1.82, 2.24) is 10.1 Å². The molecule has 2 aromatic rings. The van der Waals surface area contributed by atoms with Crippen LogP contribution in [0.4, 0.5) is 0 Å². The fraction of sp³-hybridized carbons (Fsp3) is 0.467. The fourth-order valence-electron chi connectivity index (χ4n) is 2.66. The molecule has 20 heavy (non-hydrogen) atoms. The van der Waals surface area contributed by atoms with Crippen LogP contribution in [-0.4, -0.2) is 42.3 Å². The second-order valence-electron chi connectivity index (χ2n) is 5.12. The van der Waals surface area contributed by atoms with Crippen LogP contribution in [-0.2, 0) is 16.0 Å². The molecule has 5 heteroatoms. The predicted molar refractivity (Wildman–Crippen MR) is 74.3 cm³/mol. The van der Waals surface area contributed by atoms with E-state index in [0.717, 1.165) is 42.6 Å². The highest BCUT2D eigenvalue weighted by Gasteiger charge is 2.23. The van der Waals surface area contributed by atoms with Gasteiger partial charge in [-0.2, -0.15) is 0 Å². The van der Waals surface area contributed by atoms with Crippen molar-refractivity contribution < 1.29 is 14.1 Å². The molecule has 1 amide bonds. The Morgan fingerprint density at radius 3 is 2.90 bits per heavy atom. The molecule has 0 radical (unpaired) electrons. The van der Waals surface area contributed by atoms with Gasteiger partial charge in [-0.3, -0.25) is 4.79 Å². The van der Waals surface area contributed by atoms with Gasteiger partial charge < -0.3 is 14.2 Å². The molecule has 1 fully saturated rings. The van der Waals surface area contributed by atoms with Crippen LogP contribution >= 0.6 is 0 Å². The minimum Gasteiger partial charge on any atom is -0.381 e. The van der Waals surface area contributed by atoms with Gasteiger partial charge in [0.1, 0.15) is 5.69 Å². The smallest absolute Gasteiger partial charge is 0.228 e. The molecule has 5 nitrogen and oxygen atoms in total. The summed E-state index contributed by atoms with van der Waals surface area (Å²) in [6.07, 6.45) is 2.39. The number of fused-ring (bicyclic) bond motifs is 1. The number of amides is 1. The molecule has 2 heterocycles. The van der Waals surface area contributed by atoms with Crippen LogP contribution in [0.2, 0.25) is 0 Å². The van der Waals surface area contributed by atoms with E-state index in [-0.39, 0.29) is 12.0 Å². The summed E-state index contributed by atoms with van der Waals surface area (Å²) in [5.41, 5.74) is 1.45. The first-order valence-corrected chi connectivity index (χ1v) is 6.92. The van der Waals surface area contributed by atoms with E-state index >= 15 is 0 Å². The molecule has 0 saturated carbocycles. The number of aromatic nitrogens is 1. The standard InChI is InChI=1S/C15H18N2O3/c1-19-11-6-8-17(9-7-11)15(18)10-13-12-4-2-3-5-14(12)20-16-13/h2-5,11H,6-10H2,1H3. The third-order valence-electron chi connectivity index (χ3n) is 3.90. The number of ether oxygens (including phenoxy) is 1. The summed E-state index contributed by atoms with van der Waals surface area (Å²) < 4.78 is 10.5. The Bertz CT molecular complexity index is 600. The zero-order chi connectivity index (χ0) is 13.9. The van der Waals surface area contributed by atoms with Crippen LogP contribution in [0, 0.1) is 0 Å². The van der Waals surface area contributed by atoms with Crippen molar-refractivity contribution in [1.29, 1.82) is 0 Å². The minimum absolute atomic E-state index is 0.110. The zero-order valence-corrected chi connectivity index (χ0v) is 11.5. The maximum Gasteiger partial charge on any atom is 0.228 e. The van der Waals surface area contributed by atoms with Crippen molar-refractivity contribution in [3.05, 3.63) is 30.0 Å². The van der Waals surface area contributed by atoms with E-state index < -0.39 is 0 Å². The Hall–Kier alpha value is -1.88. The first kappa shape index (κ1) is 13.1. The average molecular weight is 274 g/mol. The summed E-state index contributed by atoms with van der Waals surface area (Å²) in [5.74, 6) is 0.110. The first-order chi connectivity index (χ1) is 9.78. The lowest BCUT2D eigenvalue weighted by atomic mass is 10.1. The van der Waals surface area contributed by atoms with Crippen LogP contribution in [0.1, 0.15) is 18.5 Å². The van der Waals surface area contributed by atoms with Gasteiger partial charge in [0.05, 0.1) is 12.5 Å². The molecule has 1 aromatic heterocycles. The highest BCUT2D eigenvalue weighted by molar-refractivity contribution is 5.86. The minimum atomic E-state index is 0.110. The van der Waals surface area contributed by atoms with Gasteiger partial charge in [0.15, 0.2) is 5.58 Å². The van der Waals surface area contributed by atoms with Crippen LogP contribution in [0.5, 0.6) is 0 Å². The lowest BCUT2D eigenvalue weighted by Crippen LogP contribution is -2.41. The van der Waals surface area contributed by atoms with Gasteiger partial charge in [-0.05, 0) is 25.0 Å². The molecule has 1 aliphatic rings. The second kappa shape index (κ2) is 5.63. The van der Waals surface area contributed by atoms with Gasteiger partial charge in [0.25, 0.3) is 0 Å². The lowest BCUT2D eigenvalue weighted by Gasteiger charge is -2.31. The van der Waals surface area contributed by atoms with Crippen LogP contribution in [0.25, 0.3) is 11.0 Å². The van der Waals surface area contributed by atoms with Crippen molar-refractivity contribution in [2.24, 2.45) is 0 Å².